The van der Waals surface area contributed by atoms with Gasteiger partial charge in [0.05, 0.1) is 19.9 Å². The number of carbonyl (C=O) groups is 2. The molecule has 0 aromatic heterocycles. The van der Waals surface area contributed by atoms with Crippen LogP contribution < -0.4 is 18.5 Å². The van der Waals surface area contributed by atoms with E-state index in [9.17, 15) is 26.4 Å². The molecule has 2 unspecified atom stereocenters. The van der Waals surface area contributed by atoms with Crippen molar-refractivity contribution >= 4 is 39.2 Å². The molecule has 2 aliphatic rings. The second-order valence-corrected chi connectivity index (χ2v) is 14.2. The highest BCUT2D eigenvalue weighted by molar-refractivity contribution is 7.93. The normalized spacial score (nSPS) is 21.6. The van der Waals surface area contributed by atoms with E-state index >= 15 is 9.18 Å². The van der Waals surface area contributed by atoms with Crippen LogP contribution in [0.3, 0.4) is 0 Å². The molecule has 1 amide bonds. The van der Waals surface area contributed by atoms with E-state index in [1.807, 2.05) is 0 Å². The van der Waals surface area contributed by atoms with Gasteiger partial charge in [0.2, 0.25) is 0 Å². The number of para-hydroxylation sites is 1. The van der Waals surface area contributed by atoms with Gasteiger partial charge in [-0.15, -0.1) is 13.2 Å². The number of likely N-dealkylation sites (tertiary alicyclic amines) is 1. The van der Waals surface area contributed by atoms with E-state index in [4.69, 9.17) is 25.8 Å². The molecule has 10 nitrogen and oxygen atoms in total. The maximum absolute atomic E-state index is 15.5. The van der Waals surface area contributed by atoms with Crippen molar-refractivity contribution in [3.8, 4) is 17.2 Å². The SMILES string of the molecule is COc1ccc(S(=O)(=O)N2C(=O)C(c3ccccc3OC)(N3CC(F)C[C@@H]3C(=O)OC(C)(C)C)c3cc(Cl)ccc32)c(OC(F)(F)F)c1. The summed E-state index contributed by atoms with van der Waals surface area (Å²) in [4.78, 5) is 29.0. The smallest absolute Gasteiger partial charge is 0.497 e. The number of sulfonamides is 1. The number of alkyl halides is 4. The maximum Gasteiger partial charge on any atom is 0.573 e. The fraction of sp³-hybridized carbons (Fsp3) is 0.375. The Kier molecular flexibility index (Phi) is 9.12. The topological polar surface area (TPSA) is 112 Å². The van der Waals surface area contributed by atoms with Crippen LogP contribution in [-0.2, 0) is 29.9 Å². The van der Waals surface area contributed by atoms with Crippen LogP contribution >= 0.6 is 11.6 Å². The van der Waals surface area contributed by atoms with Gasteiger partial charge in [-0.1, -0.05) is 29.8 Å². The minimum Gasteiger partial charge on any atom is -0.497 e. The van der Waals surface area contributed by atoms with Gasteiger partial charge in [-0.2, -0.15) is 0 Å². The summed E-state index contributed by atoms with van der Waals surface area (Å²) in [6, 6.07) is 11.0. The second-order valence-electron chi connectivity index (χ2n) is 12.0. The van der Waals surface area contributed by atoms with E-state index < -0.39 is 75.2 Å². The Hall–Kier alpha value is -4.08. The lowest BCUT2D eigenvalue weighted by Gasteiger charge is -2.41. The zero-order valence-corrected chi connectivity index (χ0v) is 27.9. The molecule has 2 aliphatic heterocycles. The molecule has 0 aliphatic carbocycles. The number of esters is 1. The van der Waals surface area contributed by atoms with Gasteiger partial charge in [0.15, 0.2) is 11.3 Å². The fourth-order valence-electron chi connectivity index (χ4n) is 6.10. The average molecular weight is 715 g/mol. The highest BCUT2D eigenvalue weighted by Crippen LogP contribution is 2.55. The molecular formula is C32H31ClF4N2O8S. The lowest BCUT2D eigenvalue weighted by atomic mass is 9.81. The summed E-state index contributed by atoms with van der Waals surface area (Å²) >= 11 is 6.44. The van der Waals surface area contributed by atoms with Crippen LogP contribution in [0.5, 0.6) is 17.2 Å². The summed E-state index contributed by atoms with van der Waals surface area (Å²) in [7, 11) is -2.82. The predicted molar refractivity (Wildman–Crippen MR) is 165 cm³/mol. The van der Waals surface area contributed by atoms with E-state index in [0.717, 1.165) is 19.2 Å². The zero-order valence-electron chi connectivity index (χ0n) is 26.3. The number of halogens is 5. The standard InChI is InChI=1S/C32H31ClF4N2O8S/c1-30(2,3)47-28(40)24-15-19(34)17-38(24)31(21-8-6-7-9-25(21)45-5)22-14-18(33)10-12-23(22)39(29(31)41)48(42,43)27-13-11-20(44-4)16-26(27)46-32(35,36)37/h6-14,16,19,24H,15,17H2,1-5H3/t19?,24-,31?/m1/s1. The van der Waals surface area contributed by atoms with Crippen molar-refractivity contribution in [2.75, 3.05) is 25.1 Å². The second kappa shape index (κ2) is 12.4. The van der Waals surface area contributed by atoms with Crippen molar-refractivity contribution < 1.29 is 54.5 Å². The van der Waals surface area contributed by atoms with Gasteiger partial charge in [0.25, 0.3) is 15.9 Å². The molecule has 2 heterocycles. The van der Waals surface area contributed by atoms with Crippen molar-refractivity contribution in [1.82, 2.24) is 4.90 Å². The molecule has 0 bridgehead atoms. The van der Waals surface area contributed by atoms with Gasteiger partial charge in [-0.3, -0.25) is 14.5 Å². The lowest BCUT2D eigenvalue weighted by molar-refractivity contribution is -0.275. The Morgan fingerprint density at radius 2 is 1.65 bits per heavy atom. The Bertz CT molecular complexity index is 1870. The van der Waals surface area contributed by atoms with Crippen LogP contribution in [0.1, 0.15) is 38.3 Å². The summed E-state index contributed by atoms with van der Waals surface area (Å²) in [5.74, 6) is -3.42. The Morgan fingerprint density at radius 3 is 2.27 bits per heavy atom. The Labute approximate surface area is 279 Å². The highest BCUT2D eigenvalue weighted by atomic mass is 35.5. The summed E-state index contributed by atoms with van der Waals surface area (Å²) in [5.41, 5.74) is -3.73. The van der Waals surface area contributed by atoms with Crippen molar-refractivity contribution in [2.24, 2.45) is 0 Å². The number of benzene rings is 3. The average Bonchev–Trinajstić information content (AvgIpc) is 3.50. The molecular weight excluding hydrogens is 684 g/mol. The van der Waals surface area contributed by atoms with E-state index in [1.165, 1.54) is 48.4 Å². The molecule has 3 aromatic rings. The van der Waals surface area contributed by atoms with Gasteiger partial charge in [-0.05, 0) is 57.2 Å². The summed E-state index contributed by atoms with van der Waals surface area (Å²) in [6.07, 6.45) is -7.42. The number of amides is 1. The van der Waals surface area contributed by atoms with Crippen molar-refractivity contribution in [3.63, 3.8) is 0 Å². The van der Waals surface area contributed by atoms with Crippen molar-refractivity contribution in [2.45, 2.75) is 61.8 Å². The molecule has 3 aromatic carbocycles. The third-order valence-corrected chi connectivity index (χ3v) is 9.78. The van der Waals surface area contributed by atoms with Gasteiger partial charge in [0.1, 0.15) is 34.2 Å². The first-order chi connectivity index (χ1) is 22.3. The molecule has 1 saturated heterocycles. The van der Waals surface area contributed by atoms with E-state index in [-0.39, 0.29) is 33.3 Å². The summed E-state index contributed by atoms with van der Waals surface area (Å²) in [6.45, 7) is 4.27. The molecule has 0 radical (unpaired) electrons. The molecule has 0 saturated carbocycles. The minimum absolute atomic E-state index is 0.0165. The summed E-state index contributed by atoms with van der Waals surface area (Å²) in [5, 5.41) is 0.0374. The molecule has 258 valence electrons. The maximum atomic E-state index is 15.5. The quantitative estimate of drug-likeness (QED) is 0.205. The lowest BCUT2D eigenvalue weighted by Crippen LogP contribution is -2.58. The first-order valence-electron chi connectivity index (χ1n) is 14.5. The number of methoxy groups -OCH3 is 2. The number of rotatable bonds is 8. The van der Waals surface area contributed by atoms with E-state index in [2.05, 4.69) is 4.74 Å². The van der Waals surface area contributed by atoms with Crippen molar-refractivity contribution in [1.29, 1.82) is 0 Å². The third-order valence-electron chi connectivity index (χ3n) is 7.81. The molecule has 1 fully saturated rings. The van der Waals surface area contributed by atoms with Gasteiger partial charge >= 0.3 is 12.3 Å². The van der Waals surface area contributed by atoms with E-state index in [0.29, 0.717) is 10.4 Å². The van der Waals surface area contributed by atoms with E-state index in [1.54, 1.807) is 26.8 Å². The number of fused-ring (bicyclic) bond motifs is 1. The number of ether oxygens (including phenoxy) is 4. The monoisotopic (exact) mass is 714 g/mol. The number of nitrogens with zero attached hydrogens (tertiary/aromatic N) is 2. The first-order valence-corrected chi connectivity index (χ1v) is 16.3. The molecule has 0 N–H and O–H groups in total. The van der Waals surface area contributed by atoms with Gasteiger partial charge < -0.3 is 18.9 Å². The van der Waals surface area contributed by atoms with Gasteiger partial charge in [0, 0.05) is 35.2 Å². The summed E-state index contributed by atoms with van der Waals surface area (Å²) < 4.78 is 106. The number of hydrogen-bond donors (Lipinski definition) is 0. The Balaban J connectivity index is 1.83. The largest absolute Gasteiger partial charge is 0.573 e. The molecule has 5 rings (SSSR count). The Morgan fingerprint density at radius 1 is 0.958 bits per heavy atom. The molecule has 0 spiro atoms. The fourth-order valence-corrected chi connectivity index (χ4v) is 7.83. The van der Waals surface area contributed by atoms with Crippen molar-refractivity contribution in [3.05, 3.63) is 76.8 Å². The minimum atomic E-state index is -5.33. The molecule has 48 heavy (non-hydrogen) atoms. The number of carbonyl (C=O) groups excluding carboxylic acids is 2. The molecule has 3 atom stereocenters. The number of hydrogen-bond acceptors (Lipinski definition) is 9. The predicted octanol–water partition coefficient (Wildman–Crippen LogP) is 5.99. The van der Waals surface area contributed by atoms with Crippen LogP contribution in [0.25, 0.3) is 0 Å². The third kappa shape index (κ3) is 6.14. The van der Waals surface area contributed by atoms with Crippen LogP contribution in [0.4, 0.5) is 23.2 Å². The highest BCUT2D eigenvalue weighted by Gasteiger charge is 2.64. The van der Waals surface area contributed by atoms with Crippen LogP contribution in [0.2, 0.25) is 5.02 Å². The number of anilines is 1. The zero-order chi connectivity index (χ0) is 35.4. The van der Waals surface area contributed by atoms with Gasteiger partial charge in [-0.25, -0.2) is 17.1 Å². The van der Waals surface area contributed by atoms with Crippen LogP contribution in [0.15, 0.2) is 65.6 Å². The van der Waals surface area contributed by atoms with Crippen LogP contribution in [-0.4, -0.2) is 70.1 Å². The first kappa shape index (κ1) is 35.2. The van der Waals surface area contributed by atoms with Crippen LogP contribution in [0, 0.1) is 0 Å². The molecule has 16 heteroatoms.